The molecule has 1 aromatic carbocycles. The fraction of sp³-hybridized carbons (Fsp3) is 0.143. The largest absolute Gasteiger partial charge is 0.149 e. The summed E-state index contributed by atoms with van der Waals surface area (Å²) < 4.78 is 0.172. The quantitative estimate of drug-likeness (QED) is 0.433. The molecule has 0 heterocycles. The van der Waals surface area contributed by atoms with Crippen LogP contribution in [0.2, 0.25) is 0 Å². The zero-order valence-corrected chi connectivity index (χ0v) is 11.4. The van der Waals surface area contributed by atoms with Gasteiger partial charge in [0, 0.05) is 0 Å². The second-order valence-corrected chi connectivity index (χ2v) is 12.8. The maximum atomic E-state index is 3.05. The molecular formula is C7H4I3. The number of benzene rings is 1. The Morgan fingerprint density at radius 1 is 1.30 bits per heavy atom. The first-order valence-corrected chi connectivity index (χ1v) is 5.87. The van der Waals surface area contributed by atoms with Crippen LogP contribution in [0, 0.1) is 6.07 Å². The number of hydrogen-bond donors (Lipinski definition) is 0. The van der Waals surface area contributed by atoms with Gasteiger partial charge in [-0.15, -0.1) is 0 Å². The smallest absolute Gasteiger partial charge is 0.0613 e. The molecule has 10 heavy (non-hydrogen) atoms. The summed E-state index contributed by atoms with van der Waals surface area (Å²) >= 11 is 7.19. The van der Waals surface area contributed by atoms with E-state index in [-0.39, 0.29) is -0.565 Å². The SMILES string of the molecule is IC(I)(I)c1c[c]ccc1. The second kappa shape index (κ2) is 3.88. The van der Waals surface area contributed by atoms with Crippen molar-refractivity contribution in [1.82, 2.24) is 0 Å². The normalized spacial score (nSPS) is 11.5. The Morgan fingerprint density at radius 2 is 2.00 bits per heavy atom. The summed E-state index contributed by atoms with van der Waals surface area (Å²) in [7, 11) is 0. The van der Waals surface area contributed by atoms with E-state index in [1.807, 2.05) is 18.2 Å². The molecule has 0 amide bonds. The molecule has 0 aliphatic rings. The van der Waals surface area contributed by atoms with Crippen LogP contribution in [0.1, 0.15) is 5.56 Å². The van der Waals surface area contributed by atoms with Crippen LogP contribution in [0.5, 0.6) is 0 Å². The maximum Gasteiger partial charge on any atom is 0.149 e. The van der Waals surface area contributed by atoms with Crippen molar-refractivity contribution in [2.45, 2.75) is -0.565 Å². The van der Waals surface area contributed by atoms with Gasteiger partial charge in [-0.05, 0) is 85.5 Å². The van der Waals surface area contributed by atoms with E-state index >= 15 is 0 Å². The Hall–Kier alpha value is 1.41. The fourth-order valence-corrected chi connectivity index (χ4v) is 1.58. The standard InChI is InChI=1S/C7H4I3/c8-7(9,10)6-4-2-1-3-5-6/h1-2,4-5H. The predicted molar refractivity (Wildman–Crippen MR) is 69.0 cm³/mol. The number of hydrogen-bond acceptors (Lipinski definition) is 0. The van der Waals surface area contributed by atoms with Gasteiger partial charge in [-0.3, -0.25) is 0 Å². The zero-order chi connectivity index (χ0) is 7.61. The van der Waals surface area contributed by atoms with Crippen molar-refractivity contribution in [3.63, 3.8) is 0 Å². The molecule has 0 aliphatic carbocycles. The monoisotopic (exact) mass is 469 g/mol. The number of rotatable bonds is 1. The molecule has 0 fully saturated rings. The molecule has 3 heteroatoms. The first-order chi connectivity index (χ1) is 4.61. The van der Waals surface area contributed by atoms with Crippen molar-refractivity contribution < 1.29 is 0 Å². The molecule has 0 saturated heterocycles. The molecule has 0 atom stereocenters. The van der Waals surface area contributed by atoms with E-state index in [9.17, 15) is 0 Å². The lowest BCUT2D eigenvalue weighted by atomic mass is 10.2. The molecular weight excluding hydrogens is 465 g/mol. The third kappa shape index (κ3) is 2.80. The molecule has 1 aromatic rings. The molecule has 0 nitrogen and oxygen atoms in total. The summed E-state index contributed by atoms with van der Waals surface area (Å²) in [4.78, 5) is 0. The van der Waals surface area contributed by atoms with Crippen LogP contribution in [0.25, 0.3) is 0 Å². The van der Waals surface area contributed by atoms with Crippen LogP contribution in [0.15, 0.2) is 24.3 Å². The highest BCUT2D eigenvalue weighted by molar-refractivity contribution is 14.3. The van der Waals surface area contributed by atoms with Gasteiger partial charge in [-0.2, -0.15) is 0 Å². The third-order valence-electron chi connectivity index (χ3n) is 1.03. The van der Waals surface area contributed by atoms with Gasteiger partial charge < -0.3 is 0 Å². The first-order valence-electron chi connectivity index (χ1n) is 2.64. The Kier molecular flexibility index (Phi) is 3.69. The minimum atomic E-state index is 0.172. The number of alkyl halides is 3. The topological polar surface area (TPSA) is 0 Å². The van der Waals surface area contributed by atoms with Gasteiger partial charge in [-0.25, -0.2) is 0 Å². The van der Waals surface area contributed by atoms with Crippen molar-refractivity contribution in [2.75, 3.05) is 0 Å². The summed E-state index contributed by atoms with van der Waals surface area (Å²) in [5, 5.41) is 0. The van der Waals surface area contributed by atoms with E-state index in [4.69, 9.17) is 0 Å². The molecule has 0 spiro atoms. The van der Waals surface area contributed by atoms with E-state index in [2.05, 4.69) is 79.9 Å². The van der Waals surface area contributed by atoms with Gasteiger partial charge in [-0.1, -0.05) is 18.2 Å². The van der Waals surface area contributed by atoms with E-state index in [1.54, 1.807) is 0 Å². The summed E-state index contributed by atoms with van der Waals surface area (Å²) in [6, 6.07) is 11.1. The molecule has 0 aliphatic heterocycles. The van der Waals surface area contributed by atoms with E-state index in [1.165, 1.54) is 5.56 Å². The van der Waals surface area contributed by atoms with Crippen LogP contribution < -0.4 is 0 Å². The molecule has 0 bridgehead atoms. The lowest BCUT2D eigenvalue weighted by Gasteiger charge is -2.11. The van der Waals surface area contributed by atoms with Gasteiger partial charge in [0.1, 0.15) is -0.565 Å². The Morgan fingerprint density at radius 3 is 2.30 bits per heavy atom. The third-order valence-corrected chi connectivity index (χ3v) is 2.90. The highest BCUT2D eigenvalue weighted by Crippen LogP contribution is 2.45. The van der Waals surface area contributed by atoms with Crippen molar-refractivity contribution in [3.05, 3.63) is 35.9 Å². The van der Waals surface area contributed by atoms with Crippen molar-refractivity contribution in [1.29, 1.82) is 0 Å². The van der Waals surface area contributed by atoms with Crippen LogP contribution >= 0.6 is 67.8 Å². The van der Waals surface area contributed by atoms with Crippen LogP contribution in [0.3, 0.4) is 0 Å². The maximum absolute atomic E-state index is 3.05. The van der Waals surface area contributed by atoms with Gasteiger partial charge >= 0.3 is 0 Å². The molecule has 0 saturated carbocycles. The average Bonchev–Trinajstić information content (AvgIpc) is 1.88. The van der Waals surface area contributed by atoms with E-state index < -0.39 is 0 Å². The van der Waals surface area contributed by atoms with Gasteiger partial charge in [0.2, 0.25) is 0 Å². The molecule has 0 N–H and O–H groups in total. The highest BCUT2D eigenvalue weighted by Gasteiger charge is 2.18. The minimum absolute atomic E-state index is 0.172. The molecule has 0 aromatic heterocycles. The molecule has 0 unspecified atom stereocenters. The van der Waals surface area contributed by atoms with Gasteiger partial charge in [0.15, 0.2) is 0 Å². The lowest BCUT2D eigenvalue weighted by Crippen LogP contribution is -1.94. The van der Waals surface area contributed by atoms with E-state index in [0.717, 1.165) is 0 Å². The van der Waals surface area contributed by atoms with Crippen molar-refractivity contribution in [3.8, 4) is 0 Å². The Bertz CT molecular complexity index is 200. The Labute approximate surface area is 102 Å². The van der Waals surface area contributed by atoms with Crippen LogP contribution in [0.4, 0.5) is 0 Å². The van der Waals surface area contributed by atoms with Crippen LogP contribution in [-0.2, 0) is -0.565 Å². The van der Waals surface area contributed by atoms with Crippen molar-refractivity contribution in [2.24, 2.45) is 0 Å². The molecule has 1 radical (unpaired) electrons. The summed E-state index contributed by atoms with van der Waals surface area (Å²) in [5.74, 6) is 0. The van der Waals surface area contributed by atoms with Gasteiger partial charge in [0.25, 0.3) is 0 Å². The summed E-state index contributed by atoms with van der Waals surface area (Å²) in [6.07, 6.45) is 0. The number of halogens is 3. The predicted octanol–water partition coefficient (Wildman–Crippen LogP) is 3.90. The first kappa shape index (κ1) is 9.50. The van der Waals surface area contributed by atoms with E-state index in [0.29, 0.717) is 0 Å². The van der Waals surface area contributed by atoms with Crippen LogP contribution in [-0.4, -0.2) is 0 Å². The second-order valence-electron chi connectivity index (χ2n) is 1.79. The lowest BCUT2D eigenvalue weighted by molar-refractivity contribution is 1.43. The fourth-order valence-electron chi connectivity index (χ4n) is 0.570. The van der Waals surface area contributed by atoms with Crippen molar-refractivity contribution >= 4 is 67.8 Å². The Balaban J connectivity index is 2.97. The average molecular weight is 469 g/mol. The summed E-state index contributed by atoms with van der Waals surface area (Å²) in [6.45, 7) is 0. The molecule has 53 valence electrons. The van der Waals surface area contributed by atoms with Gasteiger partial charge in [0.05, 0.1) is 0 Å². The zero-order valence-electron chi connectivity index (χ0n) is 4.94. The molecule has 1 rings (SSSR count). The highest BCUT2D eigenvalue weighted by atomic mass is 127. The minimum Gasteiger partial charge on any atom is -0.0613 e. The summed E-state index contributed by atoms with van der Waals surface area (Å²) in [5.41, 5.74) is 1.30.